The van der Waals surface area contributed by atoms with E-state index in [4.69, 9.17) is 5.11 Å². The highest BCUT2D eigenvalue weighted by Gasteiger charge is 2.15. The van der Waals surface area contributed by atoms with E-state index in [1.807, 2.05) is 0 Å². The largest absolute Gasteiger partial charge is 0.481 e. The molecular formula is C12H24O4. The van der Waals surface area contributed by atoms with Crippen molar-refractivity contribution in [3.8, 4) is 0 Å². The number of carboxylic acid groups (broad SMARTS) is 1. The molecule has 0 saturated heterocycles. The third-order valence-corrected chi connectivity index (χ3v) is 2.69. The van der Waals surface area contributed by atoms with Gasteiger partial charge >= 0.3 is 5.97 Å². The number of rotatable bonds is 10. The van der Waals surface area contributed by atoms with Gasteiger partial charge < -0.3 is 15.3 Å². The molecule has 2 atom stereocenters. The highest BCUT2D eigenvalue weighted by atomic mass is 16.4. The summed E-state index contributed by atoms with van der Waals surface area (Å²) >= 11 is 0. The molecule has 0 aromatic carbocycles. The summed E-state index contributed by atoms with van der Waals surface area (Å²) in [5.74, 6) is -0.857. The lowest BCUT2D eigenvalue weighted by atomic mass is 10.0. The van der Waals surface area contributed by atoms with Gasteiger partial charge in [0.05, 0.1) is 12.2 Å². The van der Waals surface area contributed by atoms with E-state index in [1.54, 1.807) is 0 Å². The highest BCUT2D eigenvalue weighted by molar-refractivity contribution is 5.66. The average Bonchev–Trinajstić information content (AvgIpc) is 2.23. The summed E-state index contributed by atoms with van der Waals surface area (Å²) in [6.07, 6.45) is 4.27. The Kier molecular flexibility index (Phi) is 9.24. The molecule has 0 aliphatic rings. The Labute approximate surface area is 97.3 Å². The second-order valence-corrected chi connectivity index (χ2v) is 4.27. The maximum atomic E-state index is 10.3. The van der Waals surface area contributed by atoms with Gasteiger partial charge in [-0.15, -0.1) is 0 Å². The first-order valence-corrected chi connectivity index (χ1v) is 6.15. The van der Waals surface area contributed by atoms with E-state index in [0.717, 1.165) is 25.7 Å². The van der Waals surface area contributed by atoms with Crippen molar-refractivity contribution in [2.24, 2.45) is 0 Å². The van der Waals surface area contributed by atoms with Gasteiger partial charge in [-0.25, -0.2) is 0 Å². The fourth-order valence-corrected chi connectivity index (χ4v) is 1.63. The zero-order valence-corrected chi connectivity index (χ0v) is 10.1. The quantitative estimate of drug-likeness (QED) is 0.503. The summed E-state index contributed by atoms with van der Waals surface area (Å²) < 4.78 is 0. The lowest BCUT2D eigenvalue weighted by Gasteiger charge is -2.17. The minimum Gasteiger partial charge on any atom is -0.481 e. The molecule has 0 aliphatic heterocycles. The van der Waals surface area contributed by atoms with Crippen LogP contribution in [0.25, 0.3) is 0 Å². The fourth-order valence-electron chi connectivity index (χ4n) is 1.63. The number of hydrogen-bond donors (Lipinski definition) is 3. The van der Waals surface area contributed by atoms with Crippen molar-refractivity contribution in [3.05, 3.63) is 0 Å². The van der Waals surface area contributed by atoms with Crippen molar-refractivity contribution in [2.75, 3.05) is 0 Å². The molecule has 0 fully saturated rings. The fraction of sp³-hybridized carbons (Fsp3) is 0.917. The Morgan fingerprint density at radius 3 is 2.06 bits per heavy atom. The zero-order chi connectivity index (χ0) is 12.4. The number of hydrogen-bond acceptors (Lipinski definition) is 3. The molecule has 0 spiro atoms. The van der Waals surface area contributed by atoms with Crippen LogP contribution in [0.1, 0.15) is 58.3 Å². The molecule has 4 nitrogen and oxygen atoms in total. The smallest absolute Gasteiger partial charge is 0.303 e. The van der Waals surface area contributed by atoms with Gasteiger partial charge in [0.15, 0.2) is 0 Å². The first-order valence-electron chi connectivity index (χ1n) is 6.15. The van der Waals surface area contributed by atoms with Gasteiger partial charge in [-0.3, -0.25) is 4.79 Å². The number of carboxylic acids is 1. The number of carbonyl (C=O) groups is 1. The summed E-state index contributed by atoms with van der Waals surface area (Å²) in [5.41, 5.74) is 0. The van der Waals surface area contributed by atoms with Crippen LogP contribution in [0.5, 0.6) is 0 Å². The summed E-state index contributed by atoms with van der Waals surface area (Å²) in [6, 6.07) is 0. The van der Waals surface area contributed by atoms with E-state index >= 15 is 0 Å². The Hall–Kier alpha value is -0.610. The third-order valence-electron chi connectivity index (χ3n) is 2.69. The number of unbranched alkanes of at least 4 members (excludes halogenated alkanes) is 3. The van der Waals surface area contributed by atoms with Crippen molar-refractivity contribution >= 4 is 5.97 Å². The van der Waals surface area contributed by atoms with E-state index in [9.17, 15) is 15.0 Å². The first-order chi connectivity index (χ1) is 7.57. The minimum absolute atomic E-state index is 0.0552. The predicted molar refractivity (Wildman–Crippen MR) is 62.3 cm³/mol. The number of aliphatic hydroxyl groups excluding tert-OH is 2. The first kappa shape index (κ1) is 15.4. The maximum absolute atomic E-state index is 10.3. The third kappa shape index (κ3) is 8.68. The van der Waals surface area contributed by atoms with Crippen LogP contribution >= 0.6 is 0 Å². The Balaban J connectivity index is 3.48. The molecule has 0 bridgehead atoms. The Bertz CT molecular complexity index is 182. The standard InChI is InChI=1S/C12H24O4/c1-2-3-4-5-7-10(13)11(14)8-6-9-12(15)16/h10-11,13-14H,2-9H2,1H3,(H,15,16)/t10-,11+/m1/s1. The number of aliphatic carboxylic acids is 1. The molecule has 0 aromatic heterocycles. The zero-order valence-electron chi connectivity index (χ0n) is 10.1. The highest BCUT2D eigenvalue weighted by Crippen LogP contribution is 2.12. The molecule has 0 amide bonds. The van der Waals surface area contributed by atoms with Gasteiger partial charge in [-0.05, 0) is 19.3 Å². The summed E-state index contributed by atoms with van der Waals surface area (Å²) in [4.78, 5) is 10.3. The lowest BCUT2D eigenvalue weighted by Crippen LogP contribution is -2.25. The van der Waals surface area contributed by atoms with Crippen LogP contribution in [0.3, 0.4) is 0 Å². The van der Waals surface area contributed by atoms with Crippen LogP contribution in [0, 0.1) is 0 Å². The van der Waals surface area contributed by atoms with E-state index in [-0.39, 0.29) is 6.42 Å². The molecule has 0 aliphatic carbocycles. The number of aliphatic hydroxyl groups is 2. The van der Waals surface area contributed by atoms with E-state index in [1.165, 1.54) is 0 Å². The van der Waals surface area contributed by atoms with Gasteiger partial charge in [0, 0.05) is 6.42 Å². The van der Waals surface area contributed by atoms with Crippen LogP contribution in [0.15, 0.2) is 0 Å². The molecule has 0 aromatic rings. The topological polar surface area (TPSA) is 77.8 Å². The summed E-state index contributed by atoms with van der Waals surface area (Å²) in [7, 11) is 0. The van der Waals surface area contributed by atoms with Gasteiger partial charge in [0.2, 0.25) is 0 Å². The Morgan fingerprint density at radius 2 is 1.56 bits per heavy atom. The van der Waals surface area contributed by atoms with E-state index in [2.05, 4.69) is 6.92 Å². The molecule has 0 radical (unpaired) electrons. The van der Waals surface area contributed by atoms with Gasteiger partial charge in [-0.2, -0.15) is 0 Å². The summed E-state index contributed by atoms with van der Waals surface area (Å²) in [5, 5.41) is 27.6. The monoisotopic (exact) mass is 232 g/mol. The van der Waals surface area contributed by atoms with Crippen LogP contribution in [0.4, 0.5) is 0 Å². The molecule has 0 unspecified atom stereocenters. The molecule has 16 heavy (non-hydrogen) atoms. The van der Waals surface area contributed by atoms with Crippen molar-refractivity contribution in [1.82, 2.24) is 0 Å². The van der Waals surface area contributed by atoms with Crippen LogP contribution in [0.2, 0.25) is 0 Å². The van der Waals surface area contributed by atoms with E-state index in [0.29, 0.717) is 19.3 Å². The van der Waals surface area contributed by atoms with Crippen molar-refractivity contribution in [2.45, 2.75) is 70.5 Å². The molecule has 96 valence electrons. The molecule has 4 heteroatoms. The maximum Gasteiger partial charge on any atom is 0.303 e. The van der Waals surface area contributed by atoms with Crippen molar-refractivity contribution in [1.29, 1.82) is 0 Å². The normalized spacial score (nSPS) is 14.7. The molecular weight excluding hydrogens is 208 g/mol. The van der Waals surface area contributed by atoms with Crippen molar-refractivity contribution in [3.63, 3.8) is 0 Å². The predicted octanol–water partition coefficient (Wildman–Crippen LogP) is 1.93. The van der Waals surface area contributed by atoms with Crippen LogP contribution < -0.4 is 0 Å². The van der Waals surface area contributed by atoms with Gasteiger partial charge in [0.1, 0.15) is 0 Å². The SMILES string of the molecule is CCCCCC[C@@H](O)[C@@H](O)CCCC(=O)O. The Morgan fingerprint density at radius 1 is 1.00 bits per heavy atom. The lowest BCUT2D eigenvalue weighted by molar-refractivity contribution is -0.137. The second kappa shape index (κ2) is 9.60. The molecule has 3 N–H and O–H groups in total. The van der Waals surface area contributed by atoms with Crippen molar-refractivity contribution < 1.29 is 20.1 Å². The second-order valence-electron chi connectivity index (χ2n) is 4.27. The van der Waals surface area contributed by atoms with Gasteiger partial charge in [-0.1, -0.05) is 32.6 Å². The summed E-state index contributed by atoms with van der Waals surface area (Å²) in [6.45, 7) is 2.12. The molecule has 0 rings (SSSR count). The van der Waals surface area contributed by atoms with Crippen LogP contribution in [-0.4, -0.2) is 33.5 Å². The van der Waals surface area contributed by atoms with Gasteiger partial charge in [0.25, 0.3) is 0 Å². The van der Waals surface area contributed by atoms with Crippen LogP contribution in [-0.2, 0) is 4.79 Å². The molecule has 0 heterocycles. The minimum atomic E-state index is -0.857. The molecule has 0 saturated carbocycles. The van der Waals surface area contributed by atoms with E-state index < -0.39 is 18.2 Å². The average molecular weight is 232 g/mol.